The van der Waals surface area contributed by atoms with Crippen molar-refractivity contribution in [2.45, 2.75) is 6.54 Å². The Morgan fingerprint density at radius 2 is 1.94 bits per heavy atom. The lowest BCUT2D eigenvalue weighted by Crippen LogP contribution is -2.39. The van der Waals surface area contributed by atoms with Gasteiger partial charge in [-0.15, -0.1) is 0 Å². The zero-order valence-electron chi connectivity index (χ0n) is 9.39. The second kappa shape index (κ2) is 4.62. The molecule has 94 valence electrons. The highest BCUT2D eigenvalue weighted by Gasteiger charge is 2.22. The van der Waals surface area contributed by atoms with Crippen LogP contribution in [0.4, 0.5) is 10.1 Å². The molecule has 1 aromatic carbocycles. The molecule has 1 heterocycles. The number of nitrogens with zero attached hydrogens (tertiary/aromatic N) is 1. The van der Waals surface area contributed by atoms with Crippen LogP contribution in [0.1, 0.15) is 5.56 Å². The van der Waals surface area contributed by atoms with Gasteiger partial charge in [0, 0.05) is 19.6 Å². The van der Waals surface area contributed by atoms with E-state index in [0.717, 1.165) is 0 Å². The van der Waals surface area contributed by atoms with E-state index < -0.39 is 15.7 Å². The molecule has 0 aromatic heterocycles. The number of hydrogen-bond acceptors (Lipinski definition) is 4. The molecule has 1 saturated heterocycles. The standard InChI is InChI=1S/C11H15FN2O2S/c12-10-3-1-2-9(11(10)13)8-14-4-6-17(15,16)7-5-14/h1-3H,4-8,13H2. The zero-order valence-corrected chi connectivity index (χ0v) is 10.2. The molecule has 2 rings (SSSR count). The molecule has 0 amide bonds. The van der Waals surface area contributed by atoms with E-state index in [1.807, 2.05) is 4.90 Å². The lowest BCUT2D eigenvalue weighted by molar-refractivity contribution is 0.288. The molecule has 1 fully saturated rings. The van der Waals surface area contributed by atoms with E-state index in [-0.39, 0.29) is 17.2 Å². The van der Waals surface area contributed by atoms with Gasteiger partial charge in [0.1, 0.15) is 5.82 Å². The second-order valence-electron chi connectivity index (χ2n) is 4.24. The molecular weight excluding hydrogens is 243 g/mol. The van der Waals surface area contributed by atoms with Gasteiger partial charge in [-0.1, -0.05) is 12.1 Å². The van der Waals surface area contributed by atoms with E-state index in [9.17, 15) is 12.8 Å². The van der Waals surface area contributed by atoms with Crippen molar-refractivity contribution in [3.05, 3.63) is 29.6 Å². The summed E-state index contributed by atoms with van der Waals surface area (Å²) in [5.74, 6) is -0.0862. The fraction of sp³-hybridized carbons (Fsp3) is 0.455. The minimum atomic E-state index is -2.87. The summed E-state index contributed by atoms with van der Waals surface area (Å²) in [6, 6.07) is 4.70. The third-order valence-electron chi connectivity index (χ3n) is 2.97. The highest BCUT2D eigenvalue weighted by atomic mass is 32.2. The van der Waals surface area contributed by atoms with E-state index in [4.69, 9.17) is 5.73 Å². The summed E-state index contributed by atoms with van der Waals surface area (Å²) in [7, 11) is -2.87. The van der Waals surface area contributed by atoms with Gasteiger partial charge in [0.25, 0.3) is 0 Å². The van der Waals surface area contributed by atoms with Crippen molar-refractivity contribution in [3.8, 4) is 0 Å². The van der Waals surface area contributed by atoms with Gasteiger partial charge in [0.05, 0.1) is 17.2 Å². The molecule has 1 aliphatic rings. The first-order chi connectivity index (χ1) is 7.98. The molecule has 6 heteroatoms. The number of halogens is 1. The third-order valence-corrected chi connectivity index (χ3v) is 4.58. The third kappa shape index (κ3) is 2.95. The van der Waals surface area contributed by atoms with Crippen molar-refractivity contribution in [2.24, 2.45) is 0 Å². The van der Waals surface area contributed by atoms with Crippen molar-refractivity contribution in [1.82, 2.24) is 4.90 Å². The Labute approximate surface area is 100 Å². The number of sulfone groups is 1. The highest BCUT2D eigenvalue weighted by Crippen LogP contribution is 2.18. The molecule has 0 bridgehead atoms. The van der Waals surface area contributed by atoms with E-state index in [1.165, 1.54) is 6.07 Å². The number of rotatable bonds is 2. The summed E-state index contributed by atoms with van der Waals surface area (Å²) < 4.78 is 35.7. The molecule has 0 saturated carbocycles. The van der Waals surface area contributed by atoms with Gasteiger partial charge in [-0.25, -0.2) is 12.8 Å². The summed E-state index contributed by atoms with van der Waals surface area (Å²) in [5, 5.41) is 0. The molecule has 0 atom stereocenters. The van der Waals surface area contributed by atoms with Gasteiger partial charge in [-0.3, -0.25) is 4.90 Å². The normalized spacial score (nSPS) is 20.3. The lowest BCUT2D eigenvalue weighted by atomic mass is 10.1. The first-order valence-corrected chi connectivity index (χ1v) is 7.26. The fourth-order valence-electron chi connectivity index (χ4n) is 1.87. The topological polar surface area (TPSA) is 63.4 Å². The van der Waals surface area contributed by atoms with E-state index in [2.05, 4.69) is 0 Å². The van der Waals surface area contributed by atoms with Crippen LogP contribution in [0.15, 0.2) is 18.2 Å². The van der Waals surface area contributed by atoms with Crippen LogP contribution in [-0.4, -0.2) is 37.9 Å². The summed E-state index contributed by atoms with van der Waals surface area (Å²) >= 11 is 0. The number of nitrogens with two attached hydrogens (primary N) is 1. The minimum Gasteiger partial charge on any atom is -0.396 e. The van der Waals surface area contributed by atoms with Crippen LogP contribution in [0.5, 0.6) is 0 Å². The van der Waals surface area contributed by atoms with Crippen molar-refractivity contribution < 1.29 is 12.8 Å². The maximum absolute atomic E-state index is 13.2. The van der Waals surface area contributed by atoms with Gasteiger partial charge in [0.15, 0.2) is 9.84 Å². The van der Waals surface area contributed by atoms with Gasteiger partial charge in [-0.2, -0.15) is 0 Å². The van der Waals surface area contributed by atoms with Gasteiger partial charge in [0.2, 0.25) is 0 Å². The largest absolute Gasteiger partial charge is 0.396 e. The zero-order chi connectivity index (χ0) is 12.5. The summed E-state index contributed by atoms with van der Waals surface area (Å²) in [6.45, 7) is 1.47. The molecule has 4 nitrogen and oxygen atoms in total. The molecule has 0 radical (unpaired) electrons. The maximum Gasteiger partial charge on any atom is 0.152 e. The van der Waals surface area contributed by atoms with Crippen molar-refractivity contribution in [1.29, 1.82) is 0 Å². The van der Waals surface area contributed by atoms with E-state index in [0.29, 0.717) is 25.2 Å². The number of hydrogen-bond donors (Lipinski definition) is 1. The Kier molecular flexibility index (Phi) is 3.35. The van der Waals surface area contributed by atoms with Gasteiger partial charge < -0.3 is 5.73 Å². The van der Waals surface area contributed by atoms with Crippen molar-refractivity contribution in [3.63, 3.8) is 0 Å². The van der Waals surface area contributed by atoms with Crippen LogP contribution in [0.25, 0.3) is 0 Å². The molecule has 0 aliphatic carbocycles. The molecule has 0 unspecified atom stereocenters. The van der Waals surface area contributed by atoms with Crippen LogP contribution in [0.2, 0.25) is 0 Å². The van der Waals surface area contributed by atoms with Crippen LogP contribution in [0.3, 0.4) is 0 Å². The quantitative estimate of drug-likeness (QED) is 0.791. The van der Waals surface area contributed by atoms with Gasteiger partial charge in [-0.05, 0) is 11.6 Å². The smallest absolute Gasteiger partial charge is 0.152 e. The Bertz CT molecular complexity index is 502. The average Bonchev–Trinajstić information content (AvgIpc) is 2.27. The Morgan fingerprint density at radius 1 is 1.29 bits per heavy atom. The summed E-state index contributed by atoms with van der Waals surface area (Å²) in [4.78, 5) is 1.98. The van der Waals surface area contributed by atoms with Gasteiger partial charge >= 0.3 is 0 Å². The van der Waals surface area contributed by atoms with E-state index in [1.54, 1.807) is 12.1 Å². The van der Waals surface area contributed by atoms with Crippen LogP contribution in [-0.2, 0) is 16.4 Å². The Hall–Kier alpha value is -1.14. The number of para-hydroxylation sites is 1. The first-order valence-electron chi connectivity index (χ1n) is 5.43. The van der Waals surface area contributed by atoms with Crippen molar-refractivity contribution >= 4 is 15.5 Å². The minimum absolute atomic E-state index is 0.154. The Balaban J connectivity index is 2.05. The molecule has 2 N–H and O–H groups in total. The Morgan fingerprint density at radius 3 is 2.59 bits per heavy atom. The van der Waals surface area contributed by atoms with E-state index >= 15 is 0 Å². The number of benzene rings is 1. The van der Waals surface area contributed by atoms with Crippen LogP contribution >= 0.6 is 0 Å². The first kappa shape index (κ1) is 12.3. The predicted molar refractivity (Wildman–Crippen MR) is 64.7 cm³/mol. The fourth-order valence-corrected chi connectivity index (χ4v) is 3.15. The van der Waals surface area contributed by atoms with Crippen LogP contribution < -0.4 is 5.73 Å². The summed E-state index contributed by atoms with van der Waals surface area (Å²) in [6.07, 6.45) is 0. The predicted octanol–water partition coefficient (Wildman–Crippen LogP) is 0.638. The van der Waals surface area contributed by atoms with Crippen LogP contribution in [0, 0.1) is 5.82 Å². The number of nitrogen functional groups attached to an aromatic ring is 1. The lowest BCUT2D eigenvalue weighted by Gasteiger charge is -2.26. The SMILES string of the molecule is Nc1c(F)cccc1CN1CCS(=O)(=O)CC1. The average molecular weight is 258 g/mol. The monoisotopic (exact) mass is 258 g/mol. The molecular formula is C11H15FN2O2S. The highest BCUT2D eigenvalue weighted by molar-refractivity contribution is 7.91. The number of anilines is 1. The molecule has 1 aromatic rings. The maximum atomic E-state index is 13.2. The summed E-state index contributed by atoms with van der Waals surface area (Å²) in [5.41, 5.74) is 6.50. The second-order valence-corrected chi connectivity index (χ2v) is 6.54. The molecule has 17 heavy (non-hydrogen) atoms. The van der Waals surface area contributed by atoms with Crippen molar-refractivity contribution in [2.75, 3.05) is 30.3 Å². The molecule has 1 aliphatic heterocycles. The molecule has 0 spiro atoms.